The van der Waals surface area contributed by atoms with Gasteiger partial charge in [-0.25, -0.2) is 19.7 Å². The third-order valence-corrected chi connectivity index (χ3v) is 5.52. The smallest absolute Gasteiger partial charge is 0.372 e. The van der Waals surface area contributed by atoms with Gasteiger partial charge in [0.1, 0.15) is 0 Å². The van der Waals surface area contributed by atoms with Crippen molar-refractivity contribution >= 4 is 23.0 Å². The van der Waals surface area contributed by atoms with Crippen molar-refractivity contribution in [2.45, 2.75) is 13.5 Å². The second-order valence-electron chi connectivity index (χ2n) is 7.58. The quantitative estimate of drug-likeness (QED) is 0.511. The molecule has 0 atom stereocenters. The van der Waals surface area contributed by atoms with Crippen molar-refractivity contribution in [3.63, 3.8) is 0 Å². The minimum atomic E-state index is -1.09. The lowest BCUT2D eigenvalue weighted by atomic mass is 10.1. The Balaban J connectivity index is 1.70. The van der Waals surface area contributed by atoms with Gasteiger partial charge in [0, 0.05) is 44.0 Å². The van der Waals surface area contributed by atoms with Gasteiger partial charge in [-0.05, 0) is 19.1 Å². The summed E-state index contributed by atoms with van der Waals surface area (Å²) in [6.45, 7) is 4.78. The predicted octanol–water partition coefficient (Wildman–Crippen LogP) is 2.45. The molecule has 0 saturated carbocycles. The molecule has 4 aromatic rings. The number of morpholine rings is 1. The molecule has 0 aliphatic carbocycles. The van der Waals surface area contributed by atoms with E-state index in [0.29, 0.717) is 55.7 Å². The van der Waals surface area contributed by atoms with Gasteiger partial charge in [0.05, 0.1) is 18.9 Å². The van der Waals surface area contributed by atoms with Crippen LogP contribution in [0.15, 0.2) is 36.5 Å². The zero-order valence-corrected chi connectivity index (χ0v) is 17.9. The summed E-state index contributed by atoms with van der Waals surface area (Å²) in [4.78, 5) is 27.9. The Bertz CT molecular complexity index is 1300. The number of ether oxygens (including phenoxy) is 1. The fourth-order valence-electron chi connectivity index (χ4n) is 3.96. The van der Waals surface area contributed by atoms with E-state index in [2.05, 4.69) is 15.0 Å². The minimum absolute atomic E-state index is 0.0364. The first-order valence-corrected chi connectivity index (χ1v) is 10.5. The molecule has 10 nitrogen and oxygen atoms in total. The Morgan fingerprint density at radius 2 is 1.91 bits per heavy atom. The van der Waals surface area contributed by atoms with Crippen LogP contribution in [0.5, 0.6) is 0 Å². The minimum Gasteiger partial charge on any atom is -0.475 e. The Hall–Kier alpha value is -3.79. The maximum Gasteiger partial charge on any atom is 0.372 e. The molecule has 0 amide bonds. The number of nitrogens with zero attached hydrogens (tertiary/aromatic N) is 7. The molecule has 0 unspecified atom stereocenters. The van der Waals surface area contributed by atoms with Crippen LogP contribution >= 0.6 is 0 Å². The first-order valence-electron chi connectivity index (χ1n) is 10.5. The van der Waals surface area contributed by atoms with E-state index in [1.165, 1.54) is 0 Å². The zero-order chi connectivity index (χ0) is 22.2. The lowest BCUT2D eigenvalue weighted by Gasteiger charge is -2.28. The van der Waals surface area contributed by atoms with Crippen LogP contribution in [0.25, 0.3) is 33.8 Å². The van der Waals surface area contributed by atoms with E-state index < -0.39 is 5.97 Å². The molecule has 0 spiro atoms. The van der Waals surface area contributed by atoms with Crippen LogP contribution in [0, 0.1) is 0 Å². The summed E-state index contributed by atoms with van der Waals surface area (Å²) in [5.41, 5.74) is 3.64. The summed E-state index contributed by atoms with van der Waals surface area (Å²) < 4.78 is 8.87. The monoisotopic (exact) mass is 433 g/mol. The summed E-state index contributed by atoms with van der Waals surface area (Å²) in [6.07, 6.45) is 1.90. The van der Waals surface area contributed by atoms with Gasteiger partial charge in [0.15, 0.2) is 22.8 Å². The Morgan fingerprint density at radius 1 is 1.12 bits per heavy atom. The fraction of sp³-hybridized carbons (Fsp3) is 0.318. The van der Waals surface area contributed by atoms with E-state index in [1.54, 1.807) is 9.25 Å². The van der Waals surface area contributed by atoms with Gasteiger partial charge in [0.25, 0.3) is 0 Å². The zero-order valence-electron chi connectivity index (χ0n) is 17.9. The number of benzene rings is 1. The molecule has 10 heteroatoms. The van der Waals surface area contributed by atoms with Gasteiger partial charge in [-0.3, -0.25) is 4.68 Å². The van der Waals surface area contributed by atoms with E-state index in [-0.39, 0.29) is 5.82 Å². The molecule has 164 valence electrons. The van der Waals surface area contributed by atoms with Crippen LogP contribution in [-0.4, -0.2) is 66.7 Å². The number of carbonyl (C=O) groups is 1. The van der Waals surface area contributed by atoms with Gasteiger partial charge >= 0.3 is 5.97 Å². The second kappa shape index (κ2) is 8.04. The highest BCUT2D eigenvalue weighted by atomic mass is 16.5. The average molecular weight is 433 g/mol. The van der Waals surface area contributed by atoms with Crippen LogP contribution in [0.1, 0.15) is 17.5 Å². The topological polar surface area (TPSA) is 111 Å². The normalized spacial score (nSPS) is 14.2. The molecular formula is C22H23N7O3. The van der Waals surface area contributed by atoms with Crippen molar-refractivity contribution in [2.24, 2.45) is 7.05 Å². The second-order valence-corrected chi connectivity index (χ2v) is 7.58. The van der Waals surface area contributed by atoms with E-state index >= 15 is 0 Å². The molecule has 0 radical (unpaired) electrons. The highest BCUT2D eigenvalue weighted by molar-refractivity contribution is 5.93. The largest absolute Gasteiger partial charge is 0.475 e. The fourth-order valence-corrected chi connectivity index (χ4v) is 3.96. The number of hydrogen-bond acceptors (Lipinski definition) is 7. The molecule has 1 fully saturated rings. The van der Waals surface area contributed by atoms with Crippen molar-refractivity contribution in [3.8, 4) is 22.6 Å². The summed E-state index contributed by atoms with van der Waals surface area (Å²) >= 11 is 0. The molecule has 1 aromatic carbocycles. The number of carboxylic acids is 1. The number of imidazole rings is 1. The number of fused-ring (bicyclic) bond motifs is 1. The number of aromatic nitrogens is 6. The van der Waals surface area contributed by atoms with E-state index in [9.17, 15) is 9.90 Å². The third-order valence-electron chi connectivity index (χ3n) is 5.52. The number of aryl methyl sites for hydroxylation is 2. The van der Waals surface area contributed by atoms with E-state index in [1.807, 2.05) is 50.5 Å². The van der Waals surface area contributed by atoms with Gasteiger partial charge < -0.3 is 19.3 Å². The van der Waals surface area contributed by atoms with Gasteiger partial charge in [-0.2, -0.15) is 5.10 Å². The maximum atomic E-state index is 11.8. The predicted molar refractivity (Wildman–Crippen MR) is 119 cm³/mol. The number of anilines is 1. The SMILES string of the molecule is CCn1c(C(=O)O)nc2c(N3CCOCC3)nc(-c3cccc(-c4ccn(C)n4)c3)nc21. The Labute approximate surface area is 184 Å². The molecule has 5 rings (SSSR count). The van der Waals surface area contributed by atoms with Crippen molar-refractivity contribution < 1.29 is 14.6 Å². The standard InChI is InChI=1S/C22H23N7O3/c1-3-29-20-17(23-21(29)22(30)31)19(28-9-11-32-12-10-28)24-18(25-20)15-6-4-5-14(13-15)16-7-8-27(2)26-16/h4-8,13H,3,9-12H2,1-2H3,(H,30,31). The van der Waals surface area contributed by atoms with Gasteiger partial charge in [-0.1, -0.05) is 18.2 Å². The molecule has 1 aliphatic rings. The Morgan fingerprint density at radius 3 is 2.59 bits per heavy atom. The van der Waals surface area contributed by atoms with Gasteiger partial charge in [-0.15, -0.1) is 0 Å². The van der Waals surface area contributed by atoms with Crippen molar-refractivity contribution in [2.75, 3.05) is 31.2 Å². The summed E-state index contributed by atoms with van der Waals surface area (Å²) in [5, 5.41) is 14.2. The molecule has 4 heterocycles. The highest BCUT2D eigenvalue weighted by Crippen LogP contribution is 2.30. The summed E-state index contributed by atoms with van der Waals surface area (Å²) in [5.74, 6) is 0.0247. The lowest BCUT2D eigenvalue weighted by molar-refractivity contribution is 0.0679. The number of carboxylic acid groups (broad SMARTS) is 1. The highest BCUT2D eigenvalue weighted by Gasteiger charge is 2.25. The van der Waals surface area contributed by atoms with Crippen LogP contribution in [0.2, 0.25) is 0 Å². The Kier molecular flexibility index (Phi) is 5.06. The first-order chi connectivity index (χ1) is 15.5. The molecule has 1 aliphatic heterocycles. The molecule has 32 heavy (non-hydrogen) atoms. The van der Waals surface area contributed by atoms with Crippen LogP contribution < -0.4 is 4.90 Å². The molecular weight excluding hydrogens is 410 g/mol. The number of rotatable bonds is 5. The first kappa shape index (κ1) is 20.1. The molecule has 1 N–H and O–H groups in total. The third kappa shape index (κ3) is 3.48. The summed E-state index contributed by atoms with van der Waals surface area (Å²) in [7, 11) is 1.88. The van der Waals surface area contributed by atoms with Crippen molar-refractivity contribution in [3.05, 3.63) is 42.4 Å². The number of aromatic carboxylic acids is 1. The molecule has 3 aromatic heterocycles. The maximum absolute atomic E-state index is 11.8. The van der Waals surface area contributed by atoms with E-state index in [4.69, 9.17) is 14.7 Å². The van der Waals surface area contributed by atoms with Crippen LogP contribution in [0.4, 0.5) is 5.82 Å². The van der Waals surface area contributed by atoms with Crippen molar-refractivity contribution in [1.29, 1.82) is 0 Å². The van der Waals surface area contributed by atoms with Gasteiger partial charge in [0.2, 0.25) is 5.82 Å². The average Bonchev–Trinajstić information content (AvgIpc) is 3.42. The van der Waals surface area contributed by atoms with Crippen molar-refractivity contribution in [1.82, 2.24) is 29.3 Å². The molecule has 1 saturated heterocycles. The van der Waals surface area contributed by atoms with E-state index in [0.717, 1.165) is 16.8 Å². The lowest BCUT2D eigenvalue weighted by Crippen LogP contribution is -2.37. The van der Waals surface area contributed by atoms with Crippen LogP contribution in [-0.2, 0) is 18.3 Å². The number of hydrogen-bond donors (Lipinski definition) is 1. The van der Waals surface area contributed by atoms with Crippen LogP contribution in [0.3, 0.4) is 0 Å². The summed E-state index contributed by atoms with van der Waals surface area (Å²) in [6, 6.07) is 9.83. The molecule has 0 bridgehead atoms.